The Kier molecular flexibility index (Phi) is 3.88. The number of fused-ring (bicyclic) bond motifs is 9. The van der Waals surface area contributed by atoms with Crippen molar-refractivity contribution in [3.8, 4) is 22.6 Å². The van der Waals surface area contributed by atoms with Crippen molar-refractivity contribution in [2.75, 3.05) is 0 Å². The Balaban J connectivity index is 1.85. The molecule has 0 bridgehead atoms. The van der Waals surface area contributed by atoms with E-state index in [1.807, 2.05) is 0 Å². The zero-order chi connectivity index (χ0) is 20.6. The average molecular weight is 518 g/mol. The van der Waals surface area contributed by atoms with E-state index < -0.39 is 5.41 Å². The summed E-state index contributed by atoms with van der Waals surface area (Å²) in [4.78, 5) is 0. The average Bonchev–Trinajstić information content (AvgIpc) is 2.97. The van der Waals surface area contributed by atoms with Crippen LogP contribution >= 0.6 is 31.9 Å². The highest BCUT2D eigenvalue weighted by atomic mass is 79.9. The molecule has 1 spiro atoms. The molecule has 4 aromatic carbocycles. The van der Waals surface area contributed by atoms with Gasteiger partial charge in [-0.1, -0.05) is 68.3 Å². The second-order valence-electron chi connectivity index (χ2n) is 8.23. The number of benzene rings is 4. The molecule has 0 N–H and O–H groups in total. The number of hydrogen-bond acceptors (Lipinski definition) is 1. The third-order valence-electron chi connectivity index (χ3n) is 6.36. The minimum absolute atomic E-state index is 0.414. The van der Waals surface area contributed by atoms with Crippen LogP contribution in [0.1, 0.15) is 33.4 Å². The van der Waals surface area contributed by atoms with E-state index in [1.54, 1.807) is 0 Å². The number of ether oxygens (including phenoxy) is 1. The highest BCUT2D eigenvalue weighted by molar-refractivity contribution is 9.10. The van der Waals surface area contributed by atoms with Crippen molar-refractivity contribution in [2.24, 2.45) is 0 Å². The summed E-state index contributed by atoms with van der Waals surface area (Å²) < 4.78 is 8.66. The Morgan fingerprint density at radius 2 is 1.03 bits per heavy atom. The minimum Gasteiger partial charge on any atom is -0.457 e. The summed E-state index contributed by atoms with van der Waals surface area (Å²) in [6.45, 7) is 4.23. The predicted molar refractivity (Wildman–Crippen MR) is 129 cm³/mol. The van der Waals surface area contributed by atoms with Gasteiger partial charge in [0.15, 0.2) is 0 Å². The standard InChI is InChI=1S/C27H18Br2O/c1-15-3-9-21-25(11-15)30-26-12-16(2)4-10-22(26)27(21)23-13-17(28)5-7-19(23)20-8-6-18(29)14-24(20)27/h3-14H,1-2H3. The largest absolute Gasteiger partial charge is 0.457 e. The van der Waals surface area contributed by atoms with Gasteiger partial charge in [0.05, 0.1) is 5.41 Å². The molecule has 1 nitrogen and oxygen atoms in total. The number of rotatable bonds is 0. The van der Waals surface area contributed by atoms with Crippen LogP contribution in [0.4, 0.5) is 0 Å². The summed E-state index contributed by atoms with van der Waals surface area (Å²) in [5.41, 5.74) is 9.51. The Morgan fingerprint density at radius 1 is 0.567 bits per heavy atom. The summed E-state index contributed by atoms with van der Waals surface area (Å²) in [7, 11) is 0. The SMILES string of the molecule is Cc1ccc2c(c1)Oc1cc(C)ccc1C21c2cc(Br)ccc2-c2ccc(Br)cc21. The molecule has 0 saturated carbocycles. The molecular formula is C27H18Br2O. The molecule has 0 radical (unpaired) electrons. The van der Waals surface area contributed by atoms with Crippen molar-refractivity contribution < 1.29 is 4.74 Å². The van der Waals surface area contributed by atoms with Crippen LogP contribution in [0.25, 0.3) is 11.1 Å². The maximum absolute atomic E-state index is 6.49. The molecular weight excluding hydrogens is 500 g/mol. The van der Waals surface area contributed by atoms with Crippen molar-refractivity contribution in [1.29, 1.82) is 0 Å². The second-order valence-corrected chi connectivity index (χ2v) is 10.1. The quantitative estimate of drug-likeness (QED) is 0.197. The van der Waals surface area contributed by atoms with E-state index in [0.717, 1.165) is 20.4 Å². The first-order valence-corrected chi connectivity index (χ1v) is 11.6. The van der Waals surface area contributed by atoms with Crippen molar-refractivity contribution in [3.05, 3.63) is 115 Å². The zero-order valence-corrected chi connectivity index (χ0v) is 19.8. The first kappa shape index (κ1) is 18.4. The molecule has 2 aliphatic rings. The smallest absolute Gasteiger partial charge is 0.132 e. The fourth-order valence-corrected chi connectivity index (χ4v) is 5.88. The normalized spacial score (nSPS) is 14.5. The molecule has 146 valence electrons. The third kappa shape index (κ3) is 2.34. The van der Waals surface area contributed by atoms with Gasteiger partial charge in [-0.25, -0.2) is 0 Å². The van der Waals surface area contributed by atoms with Gasteiger partial charge in [-0.15, -0.1) is 0 Å². The Hall–Kier alpha value is -2.36. The van der Waals surface area contributed by atoms with Gasteiger partial charge in [0, 0.05) is 20.1 Å². The van der Waals surface area contributed by atoms with Crippen LogP contribution in [0.5, 0.6) is 11.5 Å². The molecule has 0 unspecified atom stereocenters. The van der Waals surface area contributed by atoms with Crippen LogP contribution in [-0.2, 0) is 5.41 Å². The van der Waals surface area contributed by atoms with Crippen LogP contribution in [-0.4, -0.2) is 0 Å². The first-order chi connectivity index (χ1) is 14.5. The van der Waals surface area contributed by atoms with E-state index in [1.165, 1.54) is 44.5 Å². The fourth-order valence-electron chi connectivity index (χ4n) is 5.16. The third-order valence-corrected chi connectivity index (χ3v) is 7.35. The second kappa shape index (κ2) is 6.32. The Labute approximate surface area is 193 Å². The lowest BCUT2D eigenvalue weighted by atomic mass is 9.66. The van der Waals surface area contributed by atoms with Gasteiger partial charge >= 0.3 is 0 Å². The van der Waals surface area contributed by atoms with Crippen LogP contribution in [0, 0.1) is 13.8 Å². The van der Waals surface area contributed by atoms with Gasteiger partial charge in [-0.3, -0.25) is 0 Å². The fraction of sp³-hybridized carbons (Fsp3) is 0.111. The van der Waals surface area contributed by atoms with E-state index in [0.29, 0.717) is 0 Å². The summed E-state index contributed by atoms with van der Waals surface area (Å²) in [6.07, 6.45) is 0. The Morgan fingerprint density at radius 3 is 1.50 bits per heavy atom. The number of halogens is 2. The molecule has 3 heteroatoms. The van der Waals surface area contributed by atoms with Crippen LogP contribution in [0.2, 0.25) is 0 Å². The van der Waals surface area contributed by atoms with Gasteiger partial charge in [-0.2, -0.15) is 0 Å². The summed E-state index contributed by atoms with van der Waals surface area (Å²) in [5, 5.41) is 0. The van der Waals surface area contributed by atoms with E-state index in [4.69, 9.17) is 4.74 Å². The summed E-state index contributed by atoms with van der Waals surface area (Å²) in [5.74, 6) is 1.87. The minimum atomic E-state index is -0.414. The van der Waals surface area contributed by atoms with Crippen LogP contribution in [0.3, 0.4) is 0 Å². The van der Waals surface area contributed by atoms with Crippen molar-refractivity contribution in [1.82, 2.24) is 0 Å². The maximum atomic E-state index is 6.49. The lowest BCUT2D eigenvalue weighted by Gasteiger charge is -2.39. The molecule has 0 amide bonds. The molecule has 1 aliphatic heterocycles. The van der Waals surface area contributed by atoms with E-state index >= 15 is 0 Å². The van der Waals surface area contributed by atoms with Gasteiger partial charge in [0.2, 0.25) is 0 Å². The van der Waals surface area contributed by atoms with Crippen molar-refractivity contribution in [3.63, 3.8) is 0 Å². The topological polar surface area (TPSA) is 9.23 Å². The Bertz CT molecular complexity index is 1260. The molecule has 1 heterocycles. The lowest BCUT2D eigenvalue weighted by molar-refractivity contribution is 0.435. The predicted octanol–water partition coefficient (Wildman–Crippen LogP) is 8.30. The van der Waals surface area contributed by atoms with Gasteiger partial charge < -0.3 is 4.74 Å². The van der Waals surface area contributed by atoms with E-state index in [2.05, 4.69) is 119 Å². The highest BCUT2D eigenvalue weighted by Gasteiger charge is 2.51. The van der Waals surface area contributed by atoms with E-state index in [-0.39, 0.29) is 0 Å². The van der Waals surface area contributed by atoms with Gasteiger partial charge in [0.1, 0.15) is 11.5 Å². The summed E-state index contributed by atoms with van der Waals surface area (Å²) >= 11 is 7.47. The monoisotopic (exact) mass is 516 g/mol. The molecule has 0 aromatic heterocycles. The lowest BCUT2D eigenvalue weighted by Crippen LogP contribution is -2.32. The first-order valence-electron chi connectivity index (χ1n) is 9.99. The van der Waals surface area contributed by atoms with E-state index in [9.17, 15) is 0 Å². The molecule has 0 saturated heterocycles. The van der Waals surface area contributed by atoms with Gasteiger partial charge in [-0.05, 0) is 83.6 Å². The number of aryl methyl sites for hydroxylation is 2. The maximum Gasteiger partial charge on any atom is 0.132 e. The molecule has 0 atom stereocenters. The molecule has 4 aromatic rings. The highest BCUT2D eigenvalue weighted by Crippen LogP contribution is 2.62. The molecule has 30 heavy (non-hydrogen) atoms. The summed E-state index contributed by atoms with van der Waals surface area (Å²) in [6, 6.07) is 26.5. The zero-order valence-electron chi connectivity index (χ0n) is 16.6. The molecule has 6 rings (SSSR count). The van der Waals surface area contributed by atoms with Crippen LogP contribution < -0.4 is 4.74 Å². The van der Waals surface area contributed by atoms with Crippen molar-refractivity contribution >= 4 is 31.9 Å². The molecule has 1 aliphatic carbocycles. The van der Waals surface area contributed by atoms with Crippen LogP contribution in [0.15, 0.2) is 81.7 Å². The molecule has 0 fully saturated rings. The van der Waals surface area contributed by atoms with Gasteiger partial charge in [0.25, 0.3) is 0 Å². The van der Waals surface area contributed by atoms with Crippen molar-refractivity contribution in [2.45, 2.75) is 19.3 Å². The number of hydrogen-bond donors (Lipinski definition) is 0.